The highest BCUT2D eigenvalue weighted by atomic mass is 16.2. The van der Waals surface area contributed by atoms with E-state index in [1.807, 2.05) is 36.3 Å². The van der Waals surface area contributed by atoms with Gasteiger partial charge in [0.15, 0.2) is 0 Å². The number of benzene rings is 1. The number of hydrogen-bond acceptors (Lipinski definition) is 3. The molecule has 1 amide bonds. The van der Waals surface area contributed by atoms with Gasteiger partial charge >= 0.3 is 0 Å². The van der Waals surface area contributed by atoms with Gasteiger partial charge in [-0.1, -0.05) is 18.2 Å². The number of fused-ring (bicyclic) bond motifs is 1. The molecule has 1 unspecified atom stereocenters. The Kier molecular flexibility index (Phi) is 2.53. The van der Waals surface area contributed by atoms with Crippen molar-refractivity contribution in [3.8, 4) is 6.07 Å². The van der Waals surface area contributed by atoms with E-state index in [4.69, 9.17) is 5.26 Å². The molecule has 0 aliphatic carbocycles. The molecule has 0 saturated carbocycles. The molecule has 0 spiro atoms. The number of nitrogens with zero attached hydrogens (tertiary/aromatic N) is 3. The molecule has 1 aliphatic rings. The van der Waals surface area contributed by atoms with Gasteiger partial charge in [-0.05, 0) is 6.07 Å². The first kappa shape index (κ1) is 10.5. The van der Waals surface area contributed by atoms with E-state index < -0.39 is 0 Å². The third-order valence-corrected chi connectivity index (χ3v) is 2.87. The minimum absolute atomic E-state index is 0.0426. The maximum absolute atomic E-state index is 11.6. The van der Waals surface area contributed by atoms with E-state index in [9.17, 15) is 4.79 Å². The van der Waals surface area contributed by atoms with E-state index in [1.165, 1.54) is 6.92 Å². The number of amides is 1. The standard InChI is InChI=1S/C12H13N3O/c1-9(16)15-12(7-8-13)10-5-3-4-6-11(10)14(15)2/h3-6,12H,7H2,1-2H3. The van der Waals surface area contributed by atoms with Crippen molar-refractivity contribution >= 4 is 11.6 Å². The minimum Gasteiger partial charge on any atom is -0.285 e. The molecule has 1 heterocycles. The largest absolute Gasteiger partial charge is 0.285 e. The molecule has 2 rings (SSSR count). The number of para-hydroxylation sites is 1. The first-order valence-corrected chi connectivity index (χ1v) is 5.16. The lowest BCUT2D eigenvalue weighted by molar-refractivity contribution is -0.131. The highest BCUT2D eigenvalue weighted by molar-refractivity contribution is 5.79. The summed E-state index contributed by atoms with van der Waals surface area (Å²) < 4.78 is 0. The molecule has 0 bridgehead atoms. The Morgan fingerprint density at radius 2 is 2.19 bits per heavy atom. The van der Waals surface area contributed by atoms with Gasteiger partial charge in [0.1, 0.15) is 0 Å². The van der Waals surface area contributed by atoms with Crippen LogP contribution in [-0.4, -0.2) is 18.0 Å². The van der Waals surface area contributed by atoms with Crippen molar-refractivity contribution in [3.63, 3.8) is 0 Å². The smallest absolute Gasteiger partial charge is 0.238 e. The zero-order chi connectivity index (χ0) is 11.7. The summed E-state index contributed by atoms with van der Waals surface area (Å²) in [6, 6.07) is 9.78. The topological polar surface area (TPSA) is 47.3 Å². The van der Waals surface area contributed by atoms with E-state index in [-0.39, 0.29) is 11.9 Å². The summed E-state index contributed by atoms with van der Waals surface area (Å²) in [6.07, 6.45) is 0.320. The Morgan fingerprint density at radius 3 is 2.81 bits per heavy atom. The number of hydrazine groups is 1. The third kappa shape index (κ3) is 1.41. The summed E-state index contributed by atoms with van der Waals surface area (Å²) >= 11 is 0. The van der Waals surface area contributed by atoms with Crippen molar-refractivity contribution in [3.05, 3.63) is 29.8 Å². The monoisotopic (exact) mass is 215 g/mol. The van der Waals surface area contributed by atoms with E-state index in [1.54, 1.807) is 5.01 Å². The van der Waals surface area contributed by atoms with Crippen molar-refractivity contribution in [1.29, 1.82) is 5.26 Å². The van der Waals surface area contributed by atoms with Gasteiger partial charge < -0.3 is 0 Å². The quantitative estimate of drug-likeness (QED) is 0.718. The van der Waals surface area contributed by atoms with Gasteiger partial charge in [-0.3, -0.25) is 9.80 Å². The predicted molar refractivity (Wildman–Crippen MR) is 60.3 cm³/mol. The number of carbonyl (C=O) groups excluding carboxylic acids is 1. The third-order valence-electron chi connectivity index (χ3n) is 2.87. The zero-order valence-electron chi connectivity index (χ0n) is 9.34. The zero-order valence-corrected chi connectivity index (χ0v) is 9.34. The highest BCUT2D eigenvalue weighted by Gasteiger charge is 2.35. The van der Waals surface area contributed by atoms with Crippen LogP contribution in [0.3, 0.4) is 0 Å². The molecule has 16 heavy (non-hydrogen) atoms. The lowest BCUT2D eigenvalue weighted by Crippen LogP contribution is -2.40. The average molecular weight is 215 g/mol. The lowest BCUT2D eigenvalue weighted by atomic mass is 10.0. The number of hydrogen-bond donors (Lipinski definition) is 0. The summed E-state index contributed by atoms with van der Waals surface area (Å²) in [5, 5.41) is 12.3. The Hall–Kier alpha value is -2.02. The Balaban J connectivity index is 2.48. The summed E-state index contributed by atoms with van der Waals surface area (Å²) in [5.74, 6) is -0.0426. The normalized spacial score (nSPS) is 18.2. The highest BCUT2D eigenvalue weighted by Crippen LogP contribution is 2.40. The van der Waals surface area contributed by atoms with Crippen molar-refractivity contribution in [2.24, 2.45) is 0 Å². The first-order chi connectivity index (χ1) is 7.66. The Morgan fingerprint density at radius 1 is 1.50 bits per heavy atom. The van der Waals surface area contributed by atoms with Crippen LogP contribution in [0.5, 0.6) is 0 Å². The van der Waals surface area contributed by atoms with Crippen molar-refractivity contribution in [1.82, 2.24) is 5.01 Å². The molecule has 0 fully saturated rings. The van der Waals surface area contributed by atoms with Gasteiger partial charge in [-0.2, -0.15) is 5.26 Å². The average Bonchev–Trinajstić information content (AvgIpc) is 2.54. The Bertz CT molecular complexity index is 464. The molecule has 4 heteroatoms. The number of anilines is 1. The fraction of sp³-hybridized carbons (Fsp3) is 0.333. The van der Waals surface area contributed by atoms with Gasteiger partial charge in [0.2, 0.25) is 5.91 Å². The molecule has 1 aromatic rings. The molecule has 0 radical (unpaired) electrons. The van der Waals surface area contributed by atoms with Crippen LogP contribution in [0.15, 0.2) is 24.3 Å². The predicted octanol–water partition coefficient (Wildman–Crippen LogP) is 1.85. The summed E-state index contributed by atoms with van der Waals surface area (Å²) in [5.41, 5.74) is 2.04. The van der Waals surface area contributed by atoms with Crippen molar-refractivity contribution < 1.29 is 4.79 Å². The minimum atomic E-state index is -0.149. The molecule has 1 atom stereocenters. The van der Waals surface area contributed by atoms with E-state index in [0.29, 0.717) is 6.42 Å². The fourth-order valence-corrected chi connectivity index (χ4v) is 2.23. The van der Waals surface area contributed by atoms with Crippen LogP contribution in [0.2, 0.25) is 0 Å². The van der Waals surface area contributed by atoms with Crippen LogP contribution < -0.4 is 5.01 Å². The summed E-state index contributed by atoms with van der Waals surface area (Å²) in [4.78, 5) is 11.6. The second kappa shape index (κ2) is 3.86. The fourth-order valence-electron chi connectivity index (χ4n) is 2.23. The molecule has 0 aromatic heterocycles. The second-order valence-corrected chi connectivity index (χ2v) is 3.82. The maximum Gasteiger partial charge on any atom is 0.238 e. The summed E-state index contributed by atoms with van der Waals surface area (Å²) in [6.45, 7) is 1.52. The van der Waals surface area contributed by atoms with Crippen LogP contribution in [0.1, 0.15) is 24.9 Å². The lowest BCUT2D eigenvalue weighted by Gasteiger charge is -2.29. The molecule has 4 nitrogen and oxygen atoms in total. The number of nitriles is 1. The maximum atomic E-state index is 11.6. The van der Waals surface area contributed by atoms with Crippen molar-refractivity contribution in [2.75, 3.05) is 12.1 Å². The van der Waals surface area contributed by atoms with Gasteiger partial charge in [0.05, 0.1) is 24.2 Å². The van der Waals surface area contributed by atoms with E-state index in [2.05, 4.69) is 6.07 Å². The van der Waals surface area contributed by atoms with Gasteiger partial charge in [-0.15, -0.1) is 0 Å². The van der Waals surface area contributed by atoms with Gasteiger partial charge in [-0.25, -0.2) is 5.01 Å². The van der Waals surface area contributed by atoms with Crippen LogP contribution in [0.25, 0.3) is 0 Å². The molecule has 0 N–H and O–H groups in total. The van der Waals surface area contributed by atoms with E-state index in [0.717, 1.165) is 11.3 Å². The SMILES string of the molecule is CC(=O)N1C(CC#N)c2ccccc2N1C. The van der Waals surface area contributed by atoms with Crippen molar-refractivity contribution in [2.45, 2.75) is 19.4 Å². The van der Waals surface area contributed by atoms with Gasteiger partial charge in [0, 0.05) is 19.5 Å². The number of rotatable bonds is 1. The van der Waals surface area contributed by atoms with Crippen LogP contribution in [0, 0.1) is 11.3 Å². The summed E-state index contributed by atoms with van der Waals surface area (Å²) in [7, 11) is 1.84. The van der Waals surface area contributed by atoms with Gasteiger partial charge in [0.25, 0.3) is 0 Å². The molecular weight excluding hydrogens is 202 g/mol. The second-order valence-electron chi connectivity index (χ2n) is 3.82. The first-order valence-electron chi connectivity index (χ1n) is 5.16. The number of carbonyl (C=O) groups is 1. The molecule has 0 saturated heterocycles. The van der Waals surface area contributed by atoms with E-state index >= 15 is 0 Å². The molecule has 1 aromatic carbocycles. The molecule has 1 aliphatic heterocycles. The molecule has 82 valence electrons. The molecular formula is C12H13N3O. The van der Waals surface area contributed by atoms with Crippen LogP contribution in [0.4, 0.5) is 5.69 Å². The Labute approximate surface area is 94.7 Å². The van der Waals surface area contributed by atoms with Crippen LogP contribution in [-0.2, 0) is 4.79 Å². The van der Waals surface area contributed by atoms with Crippen LogP contribution >= 0.6 is 0 Å².